The number of hydrogen-bond acceptors (Lipinski definition) is 3. The van der Waals surface area contributed by atoms with Crippen LogP contribution >= 0.6 is 0 Å². The summed E-state index contributed by atoms with van der Waals surface area (Å²) in [6.45, 7) is 21.0. The maximum atomic E-state index is 4.83. The van der Waals surface area contributed by atoms with Crippen molar-refractivity contribution in [1.29, 1.82) is 0 Å². The Morgan fingerprint density at radius 2 is 1.88 bits per heavy atom. The highest BCUT2D eigenvalue weighted by Gasteiger charge is 2.21. The van der Waals surface area contributed by atoms with E-state index in [1.54, 1.807) is 0 Å². The average Bonchev–Trinajstić information content (AvgIpc) is 2.96. The molecule has 0 aromatic rings. The van der Waals surface area contributed by atoms with E-state index in [-0.39, 0.29) is 0 Å². The Morgan fingerprint density at radius 1 is 1.17 bits per heavy atom. The lowest BCUT2D eigenvalue weighted by molar-refractivity contribution is 0.178. The predicted molar refractivity (Wildman–Crippen MR) is 106 cm³/mol. The molecule has 0 amide bonds. The molecule has 1 rings (SSSR count). The first-order chi connectivity index (χ1) is 11.5. The average molecular weight is 340 g/mol. The molecule has 1 saturated heterocycles. The Labute approximate surface area is 150 Å². The van der Waals surface area contributed by atoms with Crippen LogP contribution in [0.25, 0.3) is 0 Å². The minimum atomic E-state index is 0.578. The number of nitrogens with zero attached hydrogens (tertiary/aromatic N) is 3. The Hall–Kier alpha value is -0.810. The Balaban J connectivity index is 2.40. The van der Waals surface area contributed by atoms with E-state index in [9.17, 15) is 0 Å². The van der Waals surface area contributed by atoms with Gasteiger partial charge in [-0.2, -0.15) is 0 Å². The summed E-state index contributed by atoms with van der Waals surface area (Å²) in [5, 5.41) is 6.89. The van der Waals surface area contributed by atoms with E-state index in [0.717, 1.165) is 38.1 Å². The van der Waals surface area contributed by atoms with Gasteiger partial charge in [-0.1, -0.05) is 6.92 Å². The van der Waals surface area contributed by atoms with Gasteiger partial charge in [0.25, 0.3) is 0 Å². The van der Waals surface area contributed by atoms with Crippen molar-refractivity contribution >= 4 is 5.96 Å². The van der Waals surface area contributed by atoms with Crippen LogP contribution in [-0.2, 0) is 0 Å². The van der Waals surface area contributed by atoms with Gasteiger partial charge in [-0.15, -0.1) is 0 Å². The SMILES string of the molecule is CCCN1CCC(CN=C(NCC)NCCN(C(C)C)C(C)C)C1. The molecule has 1 unspecified atom stereocenters. The molecular formula is C19H41N5. The molecule has 1 aliphatic rings. The monoisotopic (exact) mass is 339 g/mol. The lowest BCUT2D eigenvalue weighted by atomic mass is 10.1. The summed E-state index contributed by atoms with van der Waals surface area (Å²) in [7, 11) is 0. The molecule has 0 radical (unpaired) electrons. The van der Waals surface area contributed by atoms with Crippen LogP contribution in [0.5, 0.6) is 0 Å². The van der Waals surface area contributed by atoms with Gasteiger partial charge in [-0.05, 0) is 66.5 Å². The number of nitrogens with one attached hydrogen (secondary N) is 2. The van der Waals surface area contributed by atoms with Gasteiger partial charge in [0, 0.05) is 44.8 Å². The van der Waals surface area contributed by atoms with Crippen LogP contribution in [-0.4, -0.2) is 73.7 Å². The second-order valence-electron chi connectivity index (χ2n) is 7.53. The van der Waals surface area contributed by atoms with Gasteiger partial charge in [0.15, 0.2) is 5.96 Å². The van der Waals surface area contributed by atoms with E-state index < -0.39 is 0 Å². The van der Waals surface area contributed by atoms with Gasteiger partial charge < -0.3 is 15.5 Å². The first-order valence-electron chi connectivity index (χ1n) is 9.98. The molecule has 0 spiro atoms. The molecular weight excluding hydrogens is 298 g/mol. The lowest BCUT2D eigenvalue weighted by Gasteiger charge is -2.30. The maximum Gasteiger partial charge on any atom is 0.191 e. The molecule has 1 aliphatic heterocycles. The molecule has 142 valence electrons. The molecule has 1 atom stereocenters. The van der Waals surface area contributed by atoms with Crippen molar-refractivity contribution in [2.45, 2.75) is 66.5 Å². The van der Waals surface area contributed by atoms with Gasteiger partial charge in [-0.3, -0.25) is 9.89 Å². The van der Waals surface area contributed by atoms with Crippen LogP contribution in [0.1, 0.15) is 54.4 Å². The zero-order valence-corrected chi connectivity index (χ0v) is 16.9. The van der Waals surface area contributed by atoms with Crippen LogP contribution in [0, 0.1) is 5.92 Å². The molecule has 0 bridgehead atoms. The van der Waals surface area contributed by atoms with Crippen LogP contribution in [0.15, 0.2) is 4.99 Å². The quantitative estimate of drug-likeness (QED) is 0.474. The van der Waals surface area contributed by atoms with Crippen molar-refractivity contribution in [3.8, 4) is 0 Å². The van der Waals surface area contributed by atoms with Gasteiger partial charge in [-0.25, -0.2) is 0 Å². The van der Waals surface area contributed by atoms with Crippen LogP contribution < -0.4 is 10.6 Å². The fraction of sp³-hybridized carbons (Fsp3) is 0.947. The van der Waals surface area contributed by atoms with E-state index >= 15 is 0 Å². The van der Waals surface area contributed by atoms with E-state index in [1.165, 1.54) is 32.5 Å². The van der Waals surface area contributed by atoms with Crippen molar-refractivity contribution < 1.29 is 0 Å². The molecule has 0 aromatic heterocycles. The zero-order chi connectivity index (χ0) is 17.9. The third-order valence-electron chi connectivity index (χ3n) is 4.75. The van der Waals surface area contributed by atoms with Crippen molar-refractivity contribution in [1.82, 2.24) is 20.4 Å². The largest absolute Gasteiger partial charge is 0.357 e. The fourth-order valence-corrected chi connectivity index (χ4v) is 3.56. The summed E-state index contributed by atoms with van der Waals surface area (Å²) in [5.41, 5.74) is 0. The van der Waals surface area contributed by atoms with Gasteiger partial charge in [0.05, 0.1) is 0 Å². The number of rotatable bonds is 10. The van der Waals surface area contributed by atoms with Crippen LogP contribution in [0.4, 0.5) is 0 Å². The summed E-state index contributed by atoms with van der Waals surface area (Å²) < 4.78 is 0. The summed E-state index contributed by atoms with van der Waals surface area (Å²) in [5.74, 6) is 1.69. The Bertz CT molecular complexity index is 346. The first-order valence-corrected chi connectivity index (χ1v) is 9.98. The highest BCUT2D eigenvalue weighted by Crippen LogP contribution is 2.16. The van der Waals surface area contributed by atoms with Gasteiger partial charge in [0.2, 0.25) is 0 Å². The van der Waals surface area contributed by atoms with Gasteiger partial charge >= 0.3 is 0 Å². The number of guanidine groups is 1. The van der Waals surface area contributed by atoms with Crippen molar-refractivity contribution in [3.05, 3.63) is 0 Å². The molecule has 24 heavy (non-hydrogen) atoms. The second-order valence-corrected chi connectivity index (χ2v) is 7.53. The Morgan fingerprint density at radius 3 is 2.46 bits per heavy atom. The minimum absolute atomic E-state index is 0.578. The number of aliphatic imine (C=N–C) groups is 1. The van der Waals surface area contributed by atoms with Crippen molar-refractivity contribution in [2.24, 2.45) is 10.9 Å². The smallest absolute Gasteiger partial charge is 0.191 e. The topological polar surface area (TPSA) is 42.9 Å². The van der Waals surface area contributed by atoms with E-state index in [1.807, 2.05) is 0 Å². The van der Waals surface area contributed by atoms with Crippen molar-refractivity contribution in [2.75, 3.05) is 45.8 Å². The lowest BCUT2D eigenvalue weighted by Crippen LogP contribution is -2.45. The fourth-order valence-electron chi connectivity index (χ4n) is 3.56. The standard InChI is InChI=1S/C19H41N5/c1-7-11-23-12-9-18(15-23)14-22-19(20-8-2)21-10-13-24(16(3)4)17(5)6/h16-18H,7-15H2,1-6H3,(H2,20,21,22). The molecule has 0 aromatic carbocycles. The molecule has 5 nitrogen and oxygen atoms in total. The van der Waals surface area contributed by atoms with Crippen LogP contribution in [0.3, 0.4) is 0 Å². The minimum Gasteiger partial charge on any atom is -0.357 e. The van der Waals surface area contributed by atoms with Crippen LogP contribution in [0.2, 0.25) is 0 Å². The van der Waals surface area contributed by atoms with Gasteiger partial charge in [0.1, 0.15) is 0 Å². The summed E-state index contributed by atoms with van der Waals surface area (Å²) in [4.78, 5) is 9.91. The molecule has 5 heteroatoms. The van der Waals surface area contributed by atoms with E-state index in [0.29, 0.717) is 12.1 Å². The molecule has 0 saturated carbocycles. The third-order valence-corrected chi connectivity index (χ3v) is 4.75. The van der Waals surface area contributed by atoms with E-state index in [2.05, 4.69) is 62.0 Å². The summed E-state index contributed by atoms with van der Waals surface area (Å²) in [6.07, 6.45) is 2.54. The van der Waals surface area contributed by atoms with Crippen molar-refractivity contribution in [3.63, 3.8) is 0 Å². The maximum absolute atomic E-state index is 4.83. The zero-order valence-electron chi connectivity index (χ0n) is 16.9. The highest BCUT2D eigenvalue weighted by atomic mass is 15.2. The molecule has 1 heterocycles. The summed E-state index contributed by atoms with van der Waals surface area (Å²) >= 11 is 0. The molecule has 2 N–H and O–H groups in total. The second kappa shape index (κ2) is 11.7. The highest BCUT2D eigenvalue weighted by molar-refractivity contribution is 5.79. The molecule has 1 fully saturated rings. The number of hydrogen-bond donors (Lipinski definition) is 2. The molecule has 0 aliphatic carbocycles. The first kappa shape index (κ1) is 21.2. The normalized spacial score (nSPS) is 19.7. The predicted octanol–water partition coefficient (Wildman–Crippen LogP) is 2.39. The Kier molecular flexibility index (Phi) is 10.3. The van der Waals surface area contributed by atoms with E-state index in [4.69, 9.17) is 4.99 Å². The third kappa shape index (κ3) is 7.84. The summed E-state index contributed by atoms with van der Waals surface area (Å²) in [6, 6.07) is 1.16. The number of likely N-dealkylation sites (tertiary alicyclic amines) is 1.